The summed E-state index contributed by atoms with van der Waals surface area (Å²) in [4.78, 5) is 2.37. The number of benzene rings is 10. The lowest BCUT2D eigenvalue weighted by atomic mass is 9.94. The van der Waals surface area contributed by atoms with Gasteiger partial charge in [0.15, 0.2) is 0 Å². The largest absolute Gasteiger partial charge is 0.455 e. The van der Waals surface area contributed by atoms with Crippen molar-refractivity contribution in [3.63, 3.8) is 0 Å². The summed E-state index contributed by atoms with van der Waals surface area (Å²) >= 11 is 0. The van der Waals surface area contributed by atoms with Crippen LogP contribution in [0.4, 0.5) is 17.1 Å². The summed E-state index contributed by atoms with van der Waals surface area (Å²) < 4.78 is 13.5. The molecule has 0 spiro atoms. The standard InChI is InChI=1S/C58H37NO2/c1-4-15-38(16-5-1)39-27-31-43(32-28-39)59(44-33-29-42(30-34-44)46-24-14-25-50-48-22-12-13-26-55(48)60-56(46)50)45-35-52(41-19-8-3-9-20-41)58-53(36-45)54-37-51(40-17-6-2-7-18-40)47-21-10-11-23-49(47)57(54)61-58/h1-37H. The van der Waals surface area contributed by atoms with Gasteiger partial charge in [0, 0.05) is 55.1 Å². The van der Waals surface area contributed by atoms with Gasteiger partial charge in [0.05, 0.1) is 0 Å². The Balaban J connectivity index is 1.09. The minimum Gasteiger partial charge on any atom is -0.455 e. The van der Waals surface area contributed by atoms with E-state index in [4.69, 9.17) is 8.83 Å². The molecule has 0 aliphatic rings. The van der Waals surface area contributed by atoms with Crippen molar-refractivity contribution in [2.45, 2.75) is 0 Å². The number of nitrogens with zero attached hydrogens (tertiary/aromatic N) is 1. The molecule has 0 aliphatic heterocycles. The molecule has 12 rings (SSSR count). The summed E-state index contributed by atoms with van der Waals surface area (Å²) in [6.07, 6.45) is 0. The molecule has 2 aromatic heterocycles. The van der Waals surface area contributed by atoms with E-state index in [1.807, 2.05) is 12.1 Å². The van der Waals surface area contributed by atoms with Crippen LogP contribution in [0.2, 0.25) is 0 Å². The van der Waals surface area contributed by atoms with E-state index in [0.29, 0.717) is 0 Å². The molecule has 2 heterocycles. The Morgan fingerprint density at radius 3 is 1.41 bits per heavy atom. The van der Waals surface area contributed by atoms with Crippen LogP contribution >= 0.6 is 0 Å². The topological polar surface area (TPSA) is 29.5 Å². The maximum absolute atomic E-state index is 7.05. The smallest absolute Gasteiger partial charge is 0.143 e. The van der Waals surface area contributed by atoms with E-state index in [1.165, 1.54) is 27.6 Å². The average Bonchev–Trinajstić information content (AvgIpc) is 3.91. The third kappa shape index (κ3) is 5.90. The molecule has 286 valence electrons. The van der Waals surface area contributed by atoms with E-state index < -0.39 is 0 Å². The van der Waals surface area contributed by atoms with Gasteiger partial charge in [-0.2, -0.15) is 0 Å². The average molecular weight is 780 g/mol. The second-order valence-corrected chi connectivity index (χ2v) is 15.6. The SMILES string of the molecule is c1ccc(-c2ccc(N(c3ccc(-c4cccc5c4oc4ccccc45)cc3)c3cc(-c4ccccc4)c4oc5c6ccccc6c(-c6ccccc6)cc5c4c3)cc2)cc1. The van der Waals surface area contributed by atoms with Crippen LogP contribution in [0.15, 0.2) is 233 Å². The quantitative estimate of drug-likeness (QED) is 0.161. The van der Waals surface area contributed by atoms with Gasteiger partial charge in [-0.25, -0.2) is 0 Å². The van der Waals surface area contributed by atoms with Crippen molar-refractivity contribution < 1.29 is 8.83 Å². The molecule has 61 heavy (non-hydrogen) atoms. The van der Waals surface area contributed by atoms with Crippen LogP contribution < -0.4 is 4.90 Å². The molecule has 10 aromatic carbocycles. The fourth-order valence-corrected chi connectivity index (χ4v) is 9.15. The minimum absolute atomic E-state index is 0.869. The van der Waals surface area contributed by atoms with Crippen molar-refractivity contribution in [1.82, 2.24) is 0 Å². The highest BCUT2D eigenvalue weighted by atomic mass is 16.3. The highest BCUT2D eigenvalue weighted by Crippen LogP contribution is 2.47. The Morgan fingerprint density at radius 2 is 0.721 bits per heavy atom. The van der Waals surface area contributed by atoms with Crippen LogP contribution in [0.5, 0.6) is 0 Å². The summed E-state index contributed by atoms with van der Waals surface area (Å²) in [7, 11) is 0. The Bertz CT molecular complexity index is 3550. The zero-order valence-corrected chi connectivity index (χ0v) is 33.1. The fourth-order valence-electron chi connectivity index (χ4n) is 9.15. The molecule has 3 heteroatoms. The van der Waals surface area contributed by atoms with Crippen LogP contribution in [-0.2, 0) is 0 Å². The number of rotatable bonds is 7. The van der Waals surface area contributed by atoms with Gasteiger partial charge in [0.2, 0.25) is 0 Å². The number of fused-ring (bicyclic) bond motifs is 8. The zero-order valence-electron chi connectivity index (χ0n) is 33.1. The molecule has 12 aromatic rings. The number of para-hydroxylation sites is 2. The third-order valence-electron chi connectivity index (χ3n) is 12.1. The molecular weight excluding hydrogens is 743 g/mol. The number of anilines is 3. The highest BCUT2D eigenvalue weighted by Gasteiger charge is 2.22. The van der Waals surface area contributed by atoms with E-state index in [1.54, 1.807) is 0 Å². The number of hydrogen-bond acceptors (Lipinski definition) is 3. The van der Waals surface area contributed by atoms with Crippen molar-refractivity contribution in [2.75, 3.05) is 4.90 Å². The summed E-state index contributed by atoms with van der Waals surface area (Å²) in [5, 5.41) is 6.66. The maximum Gasteiger partial charge on any atom is 0.143 e. The minimum atomic E-state index is 0.869. The molecule has 0 radical (unpaired) electrons. The molecule has 0 bridgehead atoms. The predicted octanol–water partition coefficient (Wildman–Crippen LogP) is 16.8. The fraction of sp³-hybridized carbons (Fsp3) is 0. The molecule has 0 N–H and O–H groups in total. The molecule has 0 atom stereocenters. The van der Waals surface area contributed by atoms with Crippen molar-refractivity contribution >= 4 is 71.7 Å². The maximum atomic E-state index is 7.05. The van der Waals surface area contributed by atoms with Gasteiger partial charge < -0.3 is 13.7 Å². The molecule has 0 saturated carbocycles. The first-order valence-corrected chi connectivity index (χ1v) is 20.7. The number of furan rings is 2. The first kappa shape index (κ1) is 34.9. The van der Waals surface area contributed by atoms with Gasteiger partial charge in [-0.3, -0.25) is 0 Å². The first-order valence-electron chi connectivity index (χ1n) is 20.7. The second-order valence-electron chi connectivity index (χ2n) is 15.6. The van der Waals surface area contributed by atoms with Gasteiger partial charge in [-0.05, 0) is 87.3 Å². The van der Waals surface area contributed by atoms with E-state index in [2.05, 4.69) is 217 Å². The molecule has 0 aliphatic carbocycles. The lowest BCUT2D eigenvalue weighted by Crippen LogP contribution is -2.10. The lowest BCUT2D eigenvalue weighted by molar-refractivity contribution is 0.670. The van der Waals surface area contributed by atoms with Crippen LogP contribution in [0.3, 0.4) is 0 Å². The molecule has 0 unspecified atom stereocenters. The Morgan fingerprint density at radius 1 is 0.246 bits per heavy atom. The monoisotopic (exact) mass is 779 g/mol. The van der Waals surface area contributed by atoms with Crippen molar-refractivity contribution in [3.05, 3.63) is 224 Å². The van der Waals surface area contributed by atoms with Gasteiger partial charge in [-0.15, -0.1) is 0 Å². The molecule has 0 saturated heterocycles. The predicted molar refractivity (Wildman–Crippen MR) is 255 cm³/mol. The van der Waals surface area contributed by atoms with Crippen molar-refractivity contribution in [1.29, 1.82) is 0 Å². The van der Waals surface area contributed by atoms with Crippen LogP contribution in [0.1, 0.15) is 0 Å². The summed E-state index contributed by atoms with van der Waals surface area (Å²) in [5.74, 6) is 0. The van der Waals surface area contributed by atoms with Gasteiger partial charge >= 0.3 is 0 Å². The third-order valence-corrected chi connectivity index (χ3v) is 12.1. The van der Waals surface area contributed by atoms with Crippen molar-refractivity contribution in [3.8, 4) is 44.5 Å². The van der Waals surface area contributed by atoms with Gasteiger partial charge in [-0.1, -0.05) is 176 Å². The van der Waals surface area contributed by atoms with Gasteiger partial charge in [0.1, 0.15) is 22.3 Å². The zero-order chi connectivity index (χ0) is 40.3. The van der Waals surface area contributed by atoms with Crippen LogP contribution in [-0.4, -0.2) is 0 Å². The Hall–Kier alpha value is -8.14. The van der Waals surface area contributed by atoms with Crippen LogP contribution in [0, 0.1) is 0 Å². The summed E-state index contributed by atoms with van der Waals surface area (Å²) in [6.45, 7) is 0. The van der Waals surface area contributed by atoms with E-state index in [9.17, 15) is 0 Å². The van der Waals surface area contributed by atoms with Crippen molar-refractivity contribution in [2.24, 2.45) is 0 Å². The second kappa shape index (κ2) is 14.3. The summed E-state index contributed by atoms with van der Waals surface area (Å²) in [6, 6.07) is 79.8. The normalized spacial score (nSPS) is 11.6. The number of hydrogen-bond donors (Lipinski definition) is 0. The lowest BCUT2D eigenvalue weighted by Gasteiger charge is -2.27. The van der Waals surface area contributed by atoms with E-state index >= 15 is 0 Å². The van der Waals surface area contributed by atoms with Gasteiger partial charge in [0.25, 0.3) is 0 Å². The van der Waals surface area contributed by atoms with E-state index in [-0.39, 0.29) is 0 Å². The molecule has 3 nitrogen and oxygen atoms in total. The Labute approximate surface area is 353 Å². The molecule has 0 fully saturated rings. The Kier molecular flexibility index (Phi) is 8.17. The molecular formula is C58H37NO2. The first-order chi connectivity index (χ1) is 30.2. The molecule has 0 amide bonds. The summed E-state index contributed by atoms with van der Waals surface area (Å²) in [5.41, 5.74) is 15.7. The van der Waals surface area contributed by atoms with Crippen LogP contribution in [0.25, 0.3) is 99.2 Å². The van der Waals surface area contributed by atoms with E-state index in [0.717, 1.165) is 88.6 Å². The highest BCUT2D eigenvalue weighted by molar-refractivity contribution is 6.21.